The number of nitrogens with one attached hydrogen (secondary N) is 1. The van der Waals surface area contributed by atoms with Crippen molar-refractivity contribution in [1.82, 2.24) is 5.32 Å². The topological polar surface area (TPSA) is 86.6 Å². The second-order valence-electron chi connectivity index (χ2n) is 4.00. The van der Waals surface area contributed by atoms with Crippen LogP contribution in [0.25, 0.3) is 0 Å². The molecule has 1 aromatic carbocycles. The van der Waals surface area contributed by atoms with Gasteiger partial charge in [-0.1, -0.05) is 25.1 Å². The summed E-state index contributed by atoms with van der Waals surface area (Å²) in [5.74, 6) is -1.21. The highest BCUT2D eigenvalue weighted by Crippen LogP contribution is 2.17. The largest absolute Gasteiger partial charge is 0.508 e. The molecule has 0 fully saturated rings. The number of hydrogen-bond acceptors (Lipinski definition) is 3. The zero-order valence-electron chi connectivity index (χ0n) is 10.2. The second-order valence-corrected chi connectivity index (χ2v) is 4.00. The number of para-hydroxylation sites is 1. The Morgan fingerprint density at radius 1 is 1.33 bits per heavy atom. The van der Waals surface area contributed by atoms with Gasteiger partial charge in [-0.3, -0.25) is 4.79 Å². The van der Waals surface area contributed by atoms with Crippen molar-refractivity contribution in [2.45, 2.75) is 32.2 Å². The van der Waals surface area contributed by atoms with E-state index in [0.717, 1.165) is 0 Å². The van der Waals surface area contributed by atoms with E-state index in [1.54, 1.807) is 31.2 Å². The molecule has 1 atom stereocenters. The summed E-state index contributed by atoms with van der Waals surface area (Å²) in [7, 11) is 0. The molecular weight excluding hydrogens is 234 g/mol. The summed E-state index contributed by atoms with van der Waals surface area (Å²) in [6, 6.07) is 5.92. The van der Waals surface area contributed by atoms with Crippen molar-refractivity contribution in [2.24, 2.45) is 0 Å². The summed E-state index contributed by atoms with van der Waals surface area (Å²) in [6.07, 6.45) is 0.883. The fourth-order valence-corrected chi connectivity index (χ4v) is 1.58. The van der Waals surface area contributed by atoms with Gasteiger partial charge in [-0.05, 0) is 24.5 Å². The van der Waals surface area contributed by atoms with Crippen LogP contribution in [0.4, 0.5) is 0 Å². The number of aliphatic carboxylic acids is 1. The standard InChI is InChI=1S/C13H17NO4/c1-2-10(13(17)18)14-12(16)8-7-9-5-3-4-6-11(9)15/h3-6,10,15H,2,7-8H2,1H3,(H,14,16)(H,17,18)/t10-/m0/s1. The van der Waals surface area contributed by atoms with E-state index in [1.165, 1.54) is 0 Å². The van der Waals surface area contributed by atoms with Gasteiger partial charge in [-0.15, -0.1) is 0 Å². The first-order chi connectivity index (χ1) is 8.54. The van der Waals surface area contributed by atoms with Crippen LogP contribution >= 0.6 is 0 Å². The SMILES string of the molecule is CC[C@H](NC(=O)CCc1ccccc1O)C(=O)O. The molecule has 1 aromatic rings. The quantitative estimate of drug-likeness (QED) is 0.711. The Bertz CT molecular complexity index is 431. The number of phenolic OH excluding ortho intramolecular Hbond substituents is 1. The molecule has 0 aliphatic rings. The van der Waals surface area contributed by atoms with Crippen molar-refractivity contribution in [3.05, 3.63) is 29.8 Å². The van der Waals surface area contributed by atoms with Crippen LogP contribution in [0.3, 0.4) is 0 Å². The van der Waals surface area contributed by atoms with E-state index in [9.17, 15) is 14.7 Å². The zero-order chi connectivity index (χ0) is 13.5. The minimum atomic E-state index is -1.03. The molecule has 0 spiro atoms. The molecule has 0 saturated heterocycles. The van der Waals surface area contributed by atoms with Crippen molar-refractivity contribution in [2.75, 3.05) is 0 Å². The molecule has 0 radical (unpaired) electrons. The summed E-state index contributed by atoms with van der Waals surface area (Å²) in [5, 5.41) is 20.7. The number of carbonyl (C=O) groups is 2. The van der Waals surface area contributed by atoms with E-state index in [2.05, 4.69) is 5.32 Å². The number of carboxylic acid groups (broad SMARTS) is 1. The average molecular weight is 251 g/mol. The van der Waals surface area contributed by atoms with Crippen molar-refractivity contribution in [3.63, 3.8) is 0 Å². The lowest BCUT2D eigenvalue weighted by Crippen LogP contribution is -2.40. The van der Waals surface area contributed by atoms with E-state index in [-0.39, 0.29) is 18.1 Å². The Balaban J connectivity index is 2.47. The predicted molar refractivity (Wildman–Crippen MR) is 66.3 cm³/mol. The molecular formula is C13H17NO4. The fourth-order valence-electron chi connectivity index (χ4n) is 1.58. The Morgan fingerprint density at radius 2 is 2.00 bits per heavy atom. The van der Waals surface area contributed by atoms with Crippen molar-refractivity contribution in [3.8, 4) is 5.75 Å². The van der Waals surface area contributed by atoms with Crippen LogP contribution in [0.15, 0.2) is 24.3 Å². The van der Waals surface area contributed by atoms with Gasteiger partial charge in [-0.25, -0.2) is 4.79 Å². The molecule has 0 aromatic heterocycles. The number of carbonyl (C=O) groups excluding carboxylic acids is 1. The van der Waals surface area contributed by atoms with E-state index >= 15 is 0 Å². The molecule has 0 saturated carbocycles. The smallest absolute Gasteiger partial charge is 0.326 e. The first-order valence-electron chi connectivity index (χ1n) is 5.83. The summed E-state index contributed by atoms with van der Waals surface area (Å²) < 4.78 is 0. The molecule has 98 valence electrons. The number of aromatic hydroxyl groups is 1. The molecule has 1 amide bonds. The Kier molecular flexibility index (Phi) is 5.17. The number of amides is 1. The van der Waals surface area contributed by atoms with Crippen molar-refractivity contribution < 1.29 is 19.8 Å². The predicted octanol–water partition coefficient (Wildman–Crippen LogP) is 1.30. The van der Waals surface area contributed by atoms with Crippen LogP contribution in [0.5, 0.6) is 5.75 Å². The lowest BCUT2D eigenvalue weighted by Gasteiger charge is -2.12. The third-order valence-corrected chi connectivity index (χ3v) is 2.65. The van der Waals surface area contributed by atoms with Crippen LogP contribution in [0.1, 0.15) is 25.3 Å². The highest BCUT2D eigenvalue weighted by molar-refractivity contribution is 5.83. The van der Waals surface area contributed by atoms with Gasteiger partial charge in [0.05, 0.1) is 0 Å². The maximum Gasteiger partial charge on any atom is 0.326 e. The Labute approximate surface area is 105 Å². The van der Waals surface area contributed by atoms with Gasteiger partial charge in [-0.2, -0.15) is 0 Å². The van der Waals surface area contributed by atoms with Gasteiger partial charge in [0.1, 0.15) is 11.8 Å². The summed E-state index contributed by atoms with van der Waals surface area (Å²) in [6.45, 7) is 1.70. The summed E-state index contributed by atoms with van der Waals surface area (Å²) in [5.41, 5.74) is 0.677. The molecule has 5 nitrogen and oxygen atoms in total. The molecule has 3 N–H and O–H groups in total. The minimum Gasteiger partial charge on any atom is -0.508 e. The van der Waals surface area contributed by atoms with Crippen LogP contribution in [-0.2, 0) is 16.0 Å². The zero-order valence-corrected chi connectivity index (χ0v) is 10.2. The first-order valence-corrected chi connectivity index (χ1v) is 5.83. The van der Waals surface area contributed by atoms with Crippen LogP contribution in [0, 0.1) is 0 Å². The number of aryl methyl sites for hydroxylation is 1. The lowest BCUT2D eigenvalue weighted by molar-refractivity contribution is -0.141. The van der Waals surface area contributed by atoms with Gasteiger partial charge < -0.3 is 15.5 Å². The first kappa shape index (κ1) is 14.0. The van der Waals surface area contributed by atoms with Gasteiger partial charge in [0.15, 0.2) is 0 Å². The third-order valence-electron chi connectivity index (χ3n) is 2.65. The fraction of sp³-hybridized carbons (Fsp3) is 0.385. The molecule has 0 aliphatic carbocycles. The monoisotopic (exact) mass is 251 g/mol. The number of hydrogen-bond donors (Lipinski definition) is 3. The van der Waals surface area contributed by atoms with E-state index in [4.69, 9.17) is 5.11 Å². The second kappa shape index (κ2) is 6.64. The third kappa shape index (κ3) is 4.08. The maximum atomic E-state index is 11.5. The minimum absolute atomic E-state index is 0.149. The summed E-state index contributed by atoms with van der Waals surface area (Å²) >= 11 is 0. The number of phenols is 1. The molecule has 1 rings (SSSR count). The van der Waals surface area contributed by atoms with E-state index in [0.29, 0.717) is 18.4 Å². The van der Waals surface area contributed by atoms with Crippen LogP contribution in [0.2, 0.25) is 0 Å². The maximum absolute atomic E-state index is 11.5. The van der Waals surface area contributed by atoms with E-state index in [1.807, 2.05) is 0 Å². The number of rotatable bonds is 6. The van der Waals surface area contributed by atoms with Gasteiger partial charge in [0.25, 0.3) is 0 Å². The average Bonchev–Trinajstić information content (AvgIpc) is 2.34. The molecule has 18 heavy (non-hydrogen) atoms. The molecule has 0 unspecified atom stereocenters. The van der Waals surface area contributed by atoms with Gasteiger partial charge >= 0.3 is 5.97 Å². The Hall–Kier alpha value is -2.04. The number of carboxylic acids is 1. The molecule has 0 bridgehead atoms. The number of benzene rings is 1. The lowest BCUT2D eigenvalue weighted by atomic mass is 10.1. The molecule has 5 heteroatoms. The highest BCUT2D eigenvalue weighted by atomic mass is 16.4. The van der Waals surface area contributed by atoms with Gasteiger partial charge in [0.2, 0.25) is 5.91 Å². The van der Waals surface area contributed by atoms with Crippen molar-refractivity contribution in [1.29, 1.82) is 0 Å². The van der Waals surface area contributed by atoms with Gasteiger partial charge in [0, 0.05) is 6.42 Å². The molecule has 0 aliphatic heterocycles. The molecule has 0 heterocycles. The van der Waals surface area contributed by atoms with Crippen LogP contribution < -0.4 is 5.32 Å². The van der Waals surface area contributed by atoms with Crippen LogP contribution in [-0.4, -0.2) is 28.1 Å². The normalized spacial score (nSPS) is 11.8. The van der Waals surface area contributed by atoms with E-state index < -0.39 is 12.0 Å². The van der Waals surface area contributed by atoms with Crippen molar-refractivity contribution >= 4 is 11.9 Å². The Morgan fingerprint density at radius 3 is 2.56 bits per heavy atom. The summed E-state index contributed by atoms with van der Waals surface area (Å²) in [4.78, 5) is 22.3. The highest BCUT2D eigenvalue weighted by Gasteiger charge is 2.17.